The molecule has 2 atom stereocenters. The van der Waals surface area contributed by atoms with E-state index in [1.807, 2.05) is 0 Å². The highest BCUT2D eigenvalue weighted by Gasteiger charge is 2.25. The zero-order valence-corrected chi connectivity index (χ0v) is 9.78. The first-order valence-electron chi connectivity index (χ1n) is 6.42. The van der Waals surface area contributed by atoms with E-state index in [9.17, 15) is 4.79 Å². The minimum absolute atomic E-state index is 0.0129. The second-order valence-electron chi connectivity index (χ2n) is 4.99. The van der Waals surface area contributed by atoms with E-state index in [0.29, 0.717) is 6.04 Å². The van der Waals surface area contributed by atoms with Crippen LogP contribution in [-0.4, -0.2) is 30.7 Å². The molecule has 0 aromatic heterocycles. The number of amides is 1. The first-order chi connectivity index (χ1) is 7.75. The molecule has 3 N–H and O–H groups in total. The molecular weight excluding hydrogens is 204 g/mol. The third-order valence-electron chi connectivity index (χ3n) is 3.37. The summed E-state index contributed by atoms with van der Waals surface area (Å²) in [6.45, 7) is 0.175. The summed E-state index contributed by atoms with van der Waals surface area (Å²) in [5.74, 6) is 0.0129. The van der Waals surface area contributed by atoms with Crippen LogP contribution in [0.2, 0.25) is 0 Å². The van der Waals surface area contributed by atoms with Crippen LogP contribution in [0.3, 0.4) is 0 Å². The minimum Gasteiger partial charge on any atom is -0.367 e. The highest BCUT2D eigenvalue weighted by Crippen LogP contribution is 2.20. The van der Waals surface area contributed by atoms with E-state index < -0.39 is 0 Å². The Kier molecular flexibility index (Phi) is 4.18. The van der Waals surface area contributed by atoms with Gasteiger partial charge in [-0.05, 0) is 25.7 Å². The van der Waals surface area contributed by atoms with E-state index in [2.05, 4.69) is 5.32 Å². The van der Waals surface area contributed by atoms with Gasteiger partial charge in [0.25, 0.3) is 0 Å². The summed E-state index contributed by atoms with van der Waals surface area (Å²) >= 11 is 0. The molecule has 0 aromatic carbocycles. The number of nitrogens with two attached hydrogens (primary N) is 1. The number of hydrogen-bond acceptors (Lipinski definition) is 3. The van der Waals surface area contributed by atoms with E-state index >= 15 is 0 Å². The van der Waals surface area contributed by atoms with Gasteiger partial charge in [-0.1, -0.05) is 19.3 Å². The van der Waals surface area contributed by atoms with Crippen LogP contribution in [0, 0.1) is 0 Å². The lowest BCUT2D eigenvalue weighted by Crippen LogP contribution is -2.39. The van der Waals surface area contributed by atoms with Crippen LogP contribution in [0.4, 0.5) is 0 Å². The van der Waals surface area contributed by atoms with E-state index in [4.69, 9.17) is 10.5 Å². The molecule has 4 heteroatoms. The molecule has 0 bridgehead atoms. The number of hydrogen-bond donors (Lipinski definition) is 2. The van der Waals surface area contributed by atoms with Gasteiger partial charge in [0.1, 0.15) is 6.61 Å². The molecule has 92 valence electrons. The van der Waals surface area contributed by atoms with Crippen molar-refractivity contribution in [1.29, 1.82) is 0 Å². The van der Waals surface area contributed by atoms with Crippen LogP contribution in [0.15, 0.2) is 0 Å². The number of rotatable bonds is 4. The molecule has 4 nitrogen and oxygen atoms in total. The maximum atomic E-state index is 11.5. The summed E-state index contributed by atoms with van der Waals surface area (Å²) in [7, 11) is 0. The Morgan fingerprint density at radius 2 is 1.94 bits per heavy atom. The van der Waals surface area contributed by atoms with Crippen molar-refractivity contribution in [2.24, 2.45) is 5.73 Å². The lowest BCUT2D eigenvalue weighted by atomic mass is 10.1. The van der Waals surface area contributed by atoms with Gasteiger partial charge in [0.2, 0.25) is 5.91 Å². The van der Waals surface area contributed by atoms with Crippen LogP contribution in [0.25, 0.3) is 0 Å². The summed E-state index contributed by atoms with van der Waals surface area (Å²) in [6.07, 6.45) is 7.93. The number of carbonyl (C=O) groups excluding carboxylic acids is 1. The average Bonchev–Trinajstić information content (AvgIpc) is 3.05. The molecule has 2 aliphatic carbocycles. The van der Waals surface area contributed by atoms with Gasteiger partial charge in [-0.2, -0.15) is 0 Å². The lowest BCUT2D eigenvalue weighted by molar-refractivity contribution is -0.128. The Morgan fingerprint density at radius 3 is 2.69 bits per heavy atom. The largest absolute Gasteiger partial charge is 0.367 e. The maximum absolute atomic E-state index is 11.5. The minimum atomic E-state index is 0.0129. The fraction of sp³-hybridized carbons (Fsp3) is 0.917. The van der Waals surface area contributed by atoms with Crippen molar-refractivity contribution in [2.45, 2.75) is 63.1 Å². The Labute approximate surface area is 96.9 Å². The van der Waals surface area contributed by atoms with Crippen LogP contribution in [0.1, 0.15) is 44.9 Å². The second-order valence-corrected chi connectivity index (χ2v) is 4.99. The molecule has 1 amide bonds. The van der Waals surface area contributed by atoms with Crippen molar-refractivity contribution >= 4 is 5.91 Å². The van der Waals surface area contributed by atoms with Gasteiger partial charge in [-0.25, -0.2) is 0 Å². The first-order valence-corrected chi connectivity index (χ1v) is 6.42. The normalized spacial score (nSPS) is 30.8. The third-order valence-corrected chi connectivity index (χ3v) is 3.37. The van der Waals surface area contributed by atoms with Crippen LogP contribution >= 0.6 is 0 Å². The van der Waals surface area contributed by atoms with E-state index in [1.54, 1.807) is 0 Å². The predicted molar refractivity (Wildman–Crippen MR) is 62.0 cm³/mol. The van der Waals surface area contributed by atoms with Crippen LogP contribution in [0.5, 0.6) is 0 Å². The smallest absolute Gasteiger partial charge is 0.246 e. The fourth-order valence-corrected chi connectivity index (χ4v) is 2.19. The Hall–Kier alpha value is -0.610. The van der Waals surface area contributed by atoms with E-state index in [0.717, 1.165) is 25.7 Å². The first kappa shape index (κ1) is 11.9. The molecule has 0 aromatic rings. The summed E-state index contributed by atoms with van der Waals surface area (Å²) in [5, 5.41) is 2.92. The topological polar surface area (TPSA) is 64.3 Å². The van der Waals surface area contributed by atoms with Gasteiger partial charge < -0.3 is 15.8 Å². The molecule has 16 heavy (non-hydrogen) atoms. The molecule has 2 aliphatic rings. The predicted octanol–water partition coefficient (Wildman–Crippen LogP) is 0.942. The molecule has 2 saturated carbocycles. The molecule has 2 fully saturated rings. The van der Waals surface area contributed by atoms with Crippen LogP contribution < -0.4 is 11.1 Å². The van der Waals surface area contributed by atoms with E-state index in [-0.39, 0.29) is 24.7 Å². The van der Waals surface area contributed by atoms with E-state index in [1.165, 1.54) is 19.3 Å². The molecule has 0 spiro atoms. The van der Waals surface area contributed by atoms with Gasteiger partial charge in [-0.15, -0.1) is 0 Å². The second kappa shape index (κ2) is 5.64. The van der Waals surface area contributed by atoms with Gasteiger partial charge in [-0.3, -0.25) is 4.79 Å². The summed E-state index contributed by atoms with van der Waals surface area (Å²) in [5.41, 5.74) is 6.02. The van der Waals surface area contributed by atoms with Crippen LogP contribution in [-0.2, 0) is 9.53 Å². The van der Waals surface area contributed by atoms with Crippen molar-refractivity contribution in [3.05, 3.63) is 0 Å². The zero-order chi connectivity index (χ0) is 11.4. The number of nitrogens with one attached hydrogen (secondary N) is 1. The highest BCUT2D eigenvalue weighted by atomic mass is 16.5. The SMILES string of the molecule is NC1CCCCCC1OCC(=O)NC1CC1. The highest BCUT2D eigenvalue weighted by molar-refractivity contribution is 5.77. The zero-order valence-electron chi connectivity index (χ0n) is 9.78. The molecule has 2 rings (SSSR count). The van der Waals surface area contributed by atoms with Crippen molar-refractivity contribution in [3.8, 4) is 0 Å². The van der Waals surface area contributed by atoms with Crippen molar-refractivity contribution in [3.63, 3.8) is 0 Å². The van der Waals surface area contributed by atoms with Gasteiger partial charge >= 0.3 is 0 Å². The summed E-state index contributed by atoms with van der Waals surface area (Å²) < 4.78 is 5.63. The third kappa shape index (κ3) is 3.76. The Bertz CT molecular complexity index is 241. The average molecular weight is 226 g/mol. The summed E-state index contributed by atoms with van der Waals surface area (Å²) in [6, 6.07) is 0.523. The van der Waals surface area contributed by atoms with Crippen molar-refractivity contribution in [1.82, 2.24) is 5.32 Å². The van der Waals surface area contributed by atoms with Crippen molar-refractivity contribution < 1.29 is 9.53 Å². The van der Waals surface area contributed by atoms with Gasteiger partial charge in [0.15, 0.2) is 0 Å². The molecule has 2 unspecified atom stereocenters. The fourth-order valence-electron chi connectivity index (χ4n) is 2.19. The monoisotopic (exact) mass is 226 g/mol. The molecule has 0 saturated heterocycles. The number of ether oxygens (including phenoxy) is 1. The Morgan fingerprint density at radius 1 is 1.19 bits per heavy atom. The number of carbonyl (C=O) groups is 1. The summed E-state index contributed by atoms with van der Waals surface area (Å²) in [4.78, 5) is 11.5. The lowest BCUT2D eigenvalue weighted by Gasteiger charge is -2.21. The molecule has 0 aliphatic heterocycles. The van der Waals surface area contributed by atoms with Crippen molar-refractivity contribution in [2.75, 3.05) is 6.61 Å². The van der Waals surface area contributed by atoms with Gasteiger partial charge in [0, 0.05) is 12.1 Å². The maximum Gasteiger partial charge on any atom is 0.246 e. The molecule has 0 heterocycles. The van der Waals surface area contributed by atoms with Gasteiger partial charge in [0.05, 0.1) is 6.10 Å². The molecular formula is C12H22N2O2. The standard InChI is InChI=1S/C12H22N2O2/c13-10-4-2-1-3-5-11(10)16-8-12(15)14-9-6-7-9/h9-11H,1-8,13H2,(H,14,15). The molecule has 0 radical (unpaired) electrons. The Balaban J connectivity index is 1.67. The quantitative estimate of drug-likeness (QED) is 0.701.